The Balaban J connectivity index is 1.77. The zero-order valence-corrected chi connectivity index (χ0v) is 17.7. The van der Waals surface area contributed by atoms with Crippen molar-refractivity contribution >= 4 is 23.4 Å². The molecule has 0 N–H and O–H groups in total. The third kappa shape index (κ3) is 4.38. The van der Waals surface area contributed by atoms with Crippen LogP contribution in [0.3, 0.4) is 0 Å². The molecular formula is C27H25NO3. The van der Waals surface area contributed by atoms with Gasteiger partial charge in [-0.3, -0.25) is 9.69 Å². The molecule has 0 radical (unpaired) electrons. The molecule has 1 amide bonds. The zero-order chi connectivity index (χ0) is 21.6. The lowest BCUT2D eigenvalue weighted by molar-refractivity contribution is -0.113. The van der Waals surface area contributed by atoms with Gasteiger partial charge in [0.2, 0.25) is 0 Å². The zero-order valence-electron chi connectivity index (χ0n) is 17.7. The van der Waals surface area contributed by atoms with Crippen molar-refractivity contribution in [3.8, 4) is 11.5 Å². The molecule has 4 rings (SSSR count). The maximum Gasteiger partial charge on any atom is 0.263 e. The van der Waals surface area contributed by atoms with Crippen LogP contribution in [0.2, 0.25) is 0 Å². The van der Waals surface area contributed by atoms with Crippen molar-refractivity contribution in [1.82, 2.24) is 0 Å². The predicted molar refractivity (Wildman–Crippen MR) is 125 cm³/mol. The van der Waals surface area contributed by atoms with E-state index in [-0.39, 0.29) is 5.91 Å². The first-order valence-electron chi connectivity index (χ1n) is 10.5. The van der Waals surface area contributed by atoms with E-state index in [0.29, 0.717) is 24.5 Å². The van der Waals surface area contributed by atoms with Crippen molar-refractivity contribution in [3.05, 3.63) is 102 Å². The van der Waals surface area contributed by atoms with Crippen LogP contribution in [0.1, 0.15) is 25.0 Å². The molecule has 0 atom stereocenters. The van der Waals surface area contributed by atoms with Gasteiger partial charge in [0.05, 0.1) is 24.6 Å². The largest absolute Gasteiger partial charge is 0.494 e. The van der Waals surface area contributed by atoms with Crippen LogP contribution in [-0.2, 0) is 4.79 Å². The Kier molecular flexibility index (Phi) is 6.18. The molecule has 0 unspecified atom stereocenters. The summed E-state index contributed by atoms with van der Waals surface area (Å²) in [6, 6.07) is 25.3. The number of anilines is 1. The summed E-state index contributed by atoms with van der Waals surface area (Å²) in [6.45, 7) is 5.04. The van der Waals surface area contributed by atoms with E-state index in [1.165, 1.54) is 0 Å². The number of benzene rings is 3. The maximum absolute atomic E-state index is 13.5. The third-order valence-corrected chi connectivity index (χ3v) is 4.97. The fourth-order valence-electron chi connectivity index (χ4n) is 3.60. The summed E-state index contributed by atoms with van der Waals surface area (Å²) in [5, 5.41) is 0. The summed E-state index contributed by atoms with van der Waals surface area (Å²) in [5.74, 6) is 1.41. The van der Waals surface area contributed by atoms with E-state index in [1.54, 1.807) is 4.90 Å². The molecule has 31 heavy (non-hydrogen) atoms. The Morgan fingerprint density at radius 3 is 2.19 bits per heavy atom. The Bertz CT molecular complexity index is 1110. The summed E-state index contributed by atoms with van der Waals surface area (Å²) >= 11 is 0. The predicted octanol–water partition coefficient (Wildman–Crippen LogP) is 5.96. The van der Waals surface area contributed by atoms with Crippen LogP contribution in [-0.4, -0.2) is 19.1 Å². The first-order valence-corrected chi connectivity index (χ1v) is 10.5. The van der Waals surface area contributed by atoms with Crippen molar-refractivity contribution in [2.75, 3.05) is 18.1 Å². The standard InChI is InChI=1S/C27H25NO3/c1-3-30-23-16-14-20(15-17-23)18-22-19-25(21-10-6-5-7-11-21)28(27(22)29)24-12-8-9-13-26(24)31-4-2/h5-19H,3-4H2,1-2H3/b22-18+. The van der Waals surface area contributed by atoms with E-state index >= 15 is 0 Å². The lowest BCUT2D eigenvalue weighted by Crippen LogP contribution is -2.25. The number of carbonyl (C=O) groups is 1. The Morgan fingerprint density at radius 1 is 0.806 bits per heavy atom. The molecule has 3 aromatic carbocycles. The summed E-state index contributed by atoms with van der Waals surface area (Å²) in [6.07, 6.45) is 3.85. The van der Waals surface area contributed by atoms with E-state index in [9.17, 15) is 4.79 Å². The van der Waals surface area contributed by atoms with Crippen LogP contribution in [0, 0.1) is 0 Å². The van der Waals surface area contributed by atoms with Gasteiger partial charge in [-0.05, 0) is 61.4 Å². The van der Waals surface area contributed by atoms with Gasteiger partial charge in [-0.1, -0.05) is 54.6 Å². The third-order valence-electron chi connectivity index (χ3n) is 4.97. The molecular weight excluding hydrogens is 386 g/mol. The molecule has 4 nitrogen and oxygen atoms in total. The molecule has 0 saturated heterocycles. The van der Waals surface area contributed by atoms with Gasteiger partial charge in [0.1, 0.15) is 11.5 Å². The van der Waals surface area contributed by atoms with Crippen molar-refractivity contribution in [1.29, 1.82) is 0 Å². The highest BCUT2D eigenvalue weighted by Gasteiger charge is 2.32. The summed E-state index contributed by atoms with van der Waals surface area (Å²) in [4.78, 5) is 15.3. The van der Waals surface area contributed by atoms with Gasteiger partial charge in [-0.25, -0.2) is 0 Å². The molecule has 0 fully saturated rings. The fraction of sp³-hybridized carbons (Fsp3) is 0.148. The van der Waals surface area contributed by atoms with Crippen LogP contribution in [0.15, 0.2) is 90.5 Å². The second-order valence-electron chi connectivity index (χ2n) is 7.04. The topological polar surface area (TPSA) is 38.8 Å². The van der Waals surface area contributed by atoms with Gasteiger partial charge in [-0.2, -0.15) is 0 Å². The molecule has 3 aromatic rings. The lowest BCUT2D eigenvalue weighted by Gasteiger charge is -2.23. The second-order valence-corrected chi connectivity index (χ2v) is 7.04. The highest BCUT2D eigenvalue weighted by atomic mass is 16.5. The summed E-state index contributed by atoms with van der Waals surface area (Å²) < 4.78 is 11.3. The molecule has 0 spiro atoms. The Labute approximate surface area is 183 Å². The van der Waals surface area contributed by atoms with Crippen molar-refractivity contribution < 1.29 is 14.3 Å². The van der Waals surface area contributed by atoms with E-state index in [1.807, 2.05) is 105 Å². The second kappa shape index (κ2) is 9.35. The molecule has 0 aromatic heterocycles. The molecule has 1 heterocycles. The van der Waals surface area contributed by atoms with Gasteiger partial charge < -0.3 is 9.47 Å². The number of nitrogens with zero attached hydrogens (tertiary/aromatic N) is 1. The number of ether oxygens (including phenoxy) is 2. The smallest absolute Gasteiger partial charge is 0.263 e. The average Bonchev–Trinajstić information content (AvgIpc) is 3.12. The van der Waals surface area contributed by atoms with Crippen LogP contribution in [0.25, 0.3) is 11.8 Å². The van der Waals surface area contributed by atoms with Crippen LogP contribution >= 0.6 is 0 Å². The average molecular weight is 412 g/mol. The lowest BCUT2D eigenvalue weighted by atomic mass is 10.1. The highest BCUT2D eigenvalue weighted by molar-refractivity contribution is 6.23. The normalized spacial score (nSPS) is 14.6. The minimum atomic E-state index is -0.0834. The van der Waals surface area contributed by atoms with Gasteiger partial charge in [0.15, 0.2) is 0 Å². The van der Waals surface area contributed by atoms with E-state index < -0.39 is 0 Å². The molecule has 0 bridgehead atoms. The number of hydrogen-bond donors (Lipinski definition) is 0. The van der Waals surface area contributed by atoms with E-state index in [0.717, 1.165) is 28.3 Å². The van der Waals surface area contributed by atoms with Crippen LogP contribution in [0.5, 0.6) is 11.5 Å². The number of amides is 1. The van der Waals surface area contributed by atoms with Crippen LogP contribution in [0.4, 0.5) is 5.69 Å². The van der Waals surface area contributed by atoms with E-state index in [4.69, 9.17) is 9.47 Å². The number of hydrogen-bond acceptors (Lipinski definition) is 3. The van der Waals surface area contributed by atoms with Crippen molar-refractivity contribution in [2.45, 2.75) is 13.8 Å². The fourth-order valence-corrected chi connectivity index (χ4v) is 3.60. The maximum atomic E-state index is 13.5. The number of carbonyl (C=O) groups excluding carboxylic acids is 1. The molecule has 1 aliphatic rings. The Hall–Kier alpha value is -3.79. The quantitative estimate of drug-likeness (QED) is 0.451. The first kappa shape index (κ1) is 20.5. The van der Waals surface area contributed by atoms with Crippen molar-refractivity contribution in [3.63, 3.8) is 0 Å². The molecule has 4 heteroatoms. The molecule has 0 aliphatic carbocycles. The SMILES string of the molecule is CCOc1ccc(/C=C2\C=C(c3ccccc3)N(c3ccccc3OCC)C2=O)cc1. The summed E-state index contributed by atoms with van der Waals surface area (Å²) in [5.41, 5.74) is 4.09. The molecule has 0 saturated carbocycles. The van der Waals surface area contributed by atoms with Gasteiger partial charge >= 0.3 is 0 Å². The van der Waals surface area contributed by atoms with E-state index in [2.05, 4.69) is 0 Å². The highest BCUT2D eigenvalue weighted by Crippen LogP contribution is 2.39. The monoisotopic (exact) mass is 411 g/mol. The van der Waals surface area contributed by atoms with Crippen molar-refractivity contribution in [2.24, 2.45) is 0 Å². The van der Waals surface area contributed by atoms with Gasteiger partial charge in [0.25, 0.3) is 5.91 Å². The molecule has 156 valence electrons. The van der Waals surface area contributed by atoms with Gasteiger partial charge in [-0.15, -0.1) is 0 Å². The number of para-hydroxylation sites is 2. The number of rotatable bonds is 7. The van der Waals surface area contributed by atoms with Gasteiger partial charge in [0, 0.05) is 5.57 Å². The summed E-state index contributed by atoms with van der Waals surface area (Å²) in [7, 11) is 0. The molecule has 1 aliphatic heterocycles. The Morgan fingerprint density at radius 2 is 1.48 bits per heavy atom. The minimum absolute atomic E-state index is 0.0834. The van der Waals surface area contributed by atoms with Crippen LogP contribution < -0.4 is 14.4 Å². The first-order chi connectivity index (χ1) is 15.2. The minimum Gasteiger partial charge on any atom is -0.494 e.